The van der Waals surface area contributed by atoms with Crippen molar-refractivity contribution < 1.29 is 0 Å². The molecule has 4 heterocycles. The Bertz CT molecular complexity index is 7670. The second-order valence-corrected chi connectivity index (χ2v) is 31.6. The number of pyridine rings is 1. The van der Waals surface area contributed by atoms with Crippen molar-refractivity contribution in [1.82, 2.24) is 24.1 Å². The third-order valence-electron chi connectivity index (χ3n) is 24.6. The first-order chi connectivity index (χ1) is 60.5. The van der Waals surface area contributed by atoms with Gasteiger partial charge in [-0.15, -0.1) is 0 Å². The highest BCUT2D eigenvalue weighted by molar-refractivity contribution is 6.40. The van der Waals surface area contributed by atoms with Crippen LogP contribution >= 0.6 is 0 Å². The number of fused-ring (bicyclic) bond motifs is 20. The molecule has 0 bridgehead atoms. The van der Waals surface area contributed by atoms with Gasteiger partial charge in [0.25, 0.3) is 0 Å². The molecule has 0 unspecified atom stereocenters. The van der Waals surface area contributed by atoms with Gasteiger partial charge in [-0.2, -0.15) is 0 Å². The Kier molecular flexibility index (Phi) is 17.5. The highest BCUT2D eigenvalue weighted by Gasteiger charge is 2.26. The van der Waals surface area contributed by atoms with Crippen molar-refractivity contribution in [2.75, 3.05) is 0 Å². The molecule has 5 heteroatoms. The Hall–Kier alpha value is -16.2. The summed E-state index contributed by atoms with van der Waals surface area (Å²) in [6.07, 6.45) is 0. The molecule has 0 fully saturated rings. The van der Waals surface area contributed by atoms with Crippen LogP contribution in [0.4, 0.5) is 0 Å². The second-order valence-electron chi connectivity index (χ2n) is 31.6. The number of para-hydroxylation sites is 4. The summed E-state index contributed by atoms with van der Waals surface area (Å²) in [7, 11) is 0. The summed E-state index contributed by atoms with van der Waals surface area (Å²) in [4.78, 5) is 15.6. The van der Waals surface area contributed by atoms with Gasteiger partial charge in [-0.3, -0.25) is 0 Å². The molecule has 0 atom stereocenters. The molecule has 4 aromatic heterocycles. The normalized spacial score (nSPS) is 11.6. The fraction of sp³-hybridized carbons (Fsp3) is 0. The maximum absolute atomic E-state index is 5.30. The van der Waals surface area contributed by atoms with E-state index in [1.165, 1.54) is 147 Å². The van der Waals surface area contributed by atoms with Crippen molar-refractivity contribution in [2.24, 2.45) is 0 Å². The van der Waals surface area contributed by atoms with Gasteiger partial charge in [0.1, 0.15) is 0 Å². The van der Waals surface area contributed by atoms with E-state index in [1.807, 2.05) is 12.1 Å². The monoisotopic (exact) mass is 1550 g/mol. The average molecular weight is 1550 g/mol. The van der Waals surface area contributed by atoms with Crippen molar-refractivity contribution in [2.45, 2.75) is 0 Å². The maximum atomic E-state index is 5.30. The second kappa shape index (κ2) is 30.1. The highest BCUT2D eigenvalue weighted by Crippen LogP contribution is 2.50. The fourth-order valence-electron chi connectivity index (χ4n) is 18.9. The zero-order valence-electron chi connectivity index (χ0n) is 66.5. The number of hydrogen-bond donors (Lipinski definition) is 0. The molecule has 24 aromatic rings. The van der Waals surface area contributed by atoms with Crippen LogP contribution < -0.4 is 0 Å². The van der Waals surface area contributed by atoms with Gasteiger partial charge in [-0.1, -0.05) is 388 Å². The molecule has 20 aromatic carbocycles. The molecule has 0 spiro atoms. The van der Waals surface area contributed by atoms with Crippen LogP contribution in [0.5, 0.6) is 0 Å². The Labute approximate surface area is 705 Å². The lowest BCUT2D eigenvalue weighted by molar-refractivity contribution is 1.18. The number of nitrogens with zero attached hydrogens (tertiary/aromatic N) is 5. The number of aromatic nitrogens is 5. The van der Waals surface area contributed by atoms with E-state index >= 15 is 0 Å². The molecule has 0 saturated carbocycles. The lowest BCUT2D eigenvalue weighted by atomic mass is 9.88. The smallest absolute Gasteiger partial charge is 0.160 e. The van der Waals surface area contributed by atoms with Crippen LogP contribution in [-0.2, 0) is 0 Å². The molecular formula is C117H75N5. The zero-order chi connectivity index (χ0) is 80.6. The lowest BCUT2D eigenvalue weighted by Crippen LogP contribution is -1.96. The molecule has 5 nitrogen and oxygen atoms in total. The van der Waals surface area contributed by atoms with E-state index in [4.69, 9.17) is 15.0 Å². The summed E-state index contributed by atoms with van der Waals surface area (Å²) in [6, 6.07) is 164. The standard InChI is InChI=1S/C59H38N2.C58H37N3/c1-4-16-39(17-5-1)41-28-32-43(33-29-41)54-36-45(40-18-6-2-7-19-40)37-55(60-54)44-34-30-42(31-35-44)52-38-53-48-23-11-13-25-50(48)59-58(57(53)49-24-12-10-22-47(49)52)51-26-14-15-27-56(51)61(59)46-20-8-3-9-21-46;1-4-16-38(17-5-1)39-28-34-43(35-29-39)58-59-52(41-18-6-2-7-19-41)37-53(60-58)42-32-30-40(31-33-42)50-36-51-46-23-11-13-25-48(46)57-56(55(51)47-24-12-10-22-45(47)50)49-26-14-15-27-54(49)61(57)44-20-8-3-9-21-44/h1-38H;1-37H. The van der Waals surface area contributed by atoms with Gasteiger partial charge in [-0.05, 0) is 165 Å². The summed E-state index contributed by atoms with van der Waals surface area (Å²) in [5.41, 5.74) is 28.0. The van der Waals surface area contributed by atoms with Crippen LogP contribution in [0.3, 0.4) is 0 Å². The molecule has 0 amide bonds. The summed E-state index contributed by atoms with van der Waals surface area (Å²) in [6.45, 7) is 0. The number of rotatable bonds is 12. The van der Waals surface area contributed by atoms with Crippen LogP contribution in [0, 0.1) is 0 Å². The summed E-state index contributed by atoms with van der Waals surface area (Å²) < 4.78 is 4.91. The van der Waals surface area contributed by atoms with Crippen LogP contribution in [0.25, 0.3) is 232 Å². The molecular weight excluding hydrogens is 1480 g/mol. The van der Waals surface area contributed by atoms with Crippen LogP contribution in [0.15, 0.2) is 455 Å². The van der Waals surface area contributed by atoms with Crippen molar-refractivity contribution in [3.63, 3.8) is 0 Å². The van der Waals surface area contributed by atoms with Gasteiger partial charge in [0.05, 0.1) is 44.8 Å². The summed E-state index contributed by atoms with van der Waals surface area (Å²) in [5.74, 6) is 0.701. The predicted octanol–water partition coefficient (Wildman–Crippen LogP) is 31.3. The van der Waals surface area contributed by atoms with Gasteiger partial charge in [0.2, 0.25) is 0 Å². The SMILES string of the molecule is c1ccc(-c2ccc(-c3cc(-c4ccccc4)cc(-c4ccc(-c5cc6c7ccccc7c7c(c8ccccc8n7-c7ccccc7)c6c6ccccc56)cc4)n3)cc2)cc1.c1ccc(-c2ccc(-c3nc(-c4ccccc4)cc(-c4ccc(-c5cc6c7ccccc7c7c(c8ccccc8n7-c7ccccc7)c6c6ccccc56)cc4)n3)cc2)cc1. The van der Waals surface area contributed by atoms with E-state index in [2.05, 4.69) is 452 Å². The molecule has 0 aliphatic carbocycles. The van der Waals surface area contributed by atoms with Gasteiger partial charge < -0.3 is 9.13 Å². The third kappa shape index (κ3) is 12.4. The molecule has 24 rings (SSSR count). The number of hydrogen-bond acceptors (Lipinski definition) is 3. The molecule has 0 aliphatic heterocycles. The predicted molar refractivity (Wildman–Crippen MR) is 514 cm³/mol. The summed E-state index contributed by atoms with van der Waals surface area (Å²) >= 11 is 0. The van der Waals surface area contributed by atoms with Crippen molar-refractivity contribution in [3.05, 3.63) is 455 Å². The van der Waals surface area contributed by atoms with Crippen LogP contribution in [0.1, 0.15) is 0 Å². The van der Waals surface area contributed by atoms with Gasteiger partial charge in [-0.25, -0.2) is 15.0 Å². The lowest BCUT2D eigenvalue weighted by Gasteiger charge is -2.16. The van der Waals surface area contributed by atoms with E-state index in [0.717, 1.165) is 78.7 Å². The highest BCUT2D eigenvalue weighted by atomic mass is 15.0. The minimum atomic E-state index is 0.701. The Morgan fingerprint density at radius 2 is 0.410 bits per heavy atom. The molecule has 0 N–H and O–H groups in total. The van der Waals surface area contributed by atoms with E-state index in [1.54, 1.807) is 0 Å². The van der Waals surface area contributed by atoms with Crippen molar-refractivity contribution >= 4 is 108 Å². The van der Waals surface area contributed by atoms with E-state index in [0.29, 0.717) is 5.82 Å². The Morgan fingerprint density at radius 1 is 0.148 bits per heavy atom. The first kappa shape index (κ1) is 71.1. The average Bonchev–Trinajstić information content (AvgIpc) is 1.41. The Morgan fingerprint density at radius 3 is 0.795 bits per heavy atom. The summed E-state index contributed by atoms with van der Waals surface area (Å²) in [5, 5.41) is 20.1. The Balaban J connectivity index is 0.000000142. The van der Waals surface area contributed by atoms with Crippen molar-refractivity contribution in [3.8, 4) is 123 Å². The van der Waals surface area contributed by atoms with Crippen molar-refractivity contribution in [1.29, 1.82) is 0 Å². The zero-order valence-corrected chi connectivity index (χ0v) is 66.5. The topological polar surface area (TPSA) is 48.5 Å². The molecule has 0 radical (unpaired) electrons. The third-order valence-corrected chi connectivity index (χ3v) is 24.6. The first-order valence-electron chi connectivity index (χ1n) is 41.8. The maximum Gasteiger partial charge on any atom is 0.160 e. The van der Waals surface area contributed by atoms with E-state index in [-0.39, 0.29) is 0 Å². The van der Waals surface area contributed by atoms with E-state index in [9.17, 15) is 0 Å². The molecule has 0 saturated heterocycles. The van der Waals surface area contributed by atoms with Crippen LogP contribution in [0.2, 0.25) is 0 Å². The molecule has 122 heavy (non-hydrogen) atoms. The van der Waals surface area contributed by atoms with Gasteiger partial charge in [0, 0.05) is 82.3 Å². The molecule has 568 valence electrons. The van der Waals surface area contributed by atoms with E-state index < -0.39 is 0 Å². The quantitative estimate of drug-likeness (QED) is 0.115. The van der Waals surface area contributed by atoms with Crippen LogP contribution in [-0.4, -0.2) is 24.1 Å². The first-order valence-corrected chi connectivity index (χ1v) is 41.8. The minimum absolute atomic E-state index is 0.701. The minimum Gasteiger partial charge on any atom is -0.309 e. The number of benzene rings is 20. The van der Waals surface area contributed by atoms with Gasteiger partial charge in [0.15, 0.2) is 5.82 Å². The largest absolute Gasteiger partial charge is 0.309 e. The van der Waals surface area contributed by atoms with Gasteiger partial charge >= 0.3 is 0 Å². The molecule has 0 aliphatic rings. The fourth-order valence-corrected chi connectivity index (χ4v) is 18.9.